The fourth-order valence-electron chi connectivity index (χ4n) is 4.53. The van der Waals surface area contributed by atoms with E-state index in [4.69, 9.17) is 21.1 Å². The molecule has 0 aliphatic carbocycles. The van der Waals surface area contributed by atoms with Gasteiger partial charge in [-0.15, -0.1) is 0 Å². The van der Waals surface area contributed by atoms with Gasteiger partial charge in [-0.05, 0) is 70.0 Å². The van der Waals surface area contributed by atoms with Gasteiger partial charge in [0.1, 0.15) is 12.6 Å². The highest BCUT2D eigenvalue weighted by atomic mass is 35.5. The van der Waals surface area contributed by atoms with E-state index in [1.54, 1.807) is 55.5 Å². The van der Waals surface area contributed by atoms with Gasteiger partial charge >= 0.3 is 0 Å². The first-order chi connectivity index (χ1) is 20.2. The summed E-state index contributed by atoms with van der Waals surface area (Å²) < 4.78 is 40.0. The molecule has 0 aliphatic rings. The normalized spacial score (nSPS) is 12.3. The minimum atomic E-state index is -4.24. The number of benzene rings is 3. The minimum Gasteiger partial charge on any atom is -0.493 e. The number of methoxy groups -OCH3 is 2. The Morgan fingerprint density at radius 2 is 1.58 bits per heavy atom. The van der Waals surface area contributed by atoms with Crippen molar-refractivity contribution in [1.82, 2.24) is 10.2 Å². The summed E-state index contributed by atoms with van der Waals surface area (Å²) in [5, 5.41) is 3.38. The molecule has 3 aromatic carbocycles. The van der Waals surface area contributed by atoms with Gasteiger partial charge in [-0.3, -0.25) is 13.9 Å². The van der Waals surface area contributed by atoms with E-state index in [0.717, 1.165) is 9.87 Å². The summed E-state index contributed by atoms with van der Waals surface area (Å²) in [6.45, 7) is 8.62. The molecule has 1 atom stereocenters. The summed E-state index contributed by atoms with van der Waals surface area (Å²) in [5.74, 6) is -0.244. The molecule has 2 amide bonds. The molecule has 0 bridgehead atoms. The third-order valence-corrected chi connectivity index (χ3v) is 8.88. The van der Waals surface area contributed by atoms with E-state index in [1.165, 1.54) is 37.3 Å². The lowest BCUT2D eigenvalue weighted by Gasteiger charge is -2.35. The van der Waals surface area contributed by atoms with Crippen molar-refractivity contribution in [3.8, 4) is 11.5 Å². The number of carbonyl (C=O) groups excluding carboxylic acids is 2. The molecule has 0 aromatic heterocycles. The number of anilines is 1. The largest absolute Gasteiger partial charge is 0.493 e. The highest BCUT2D eigenvalue weighted by molar-refractivity contribution is 7.92. The van der Waals surface area contributed by atoms with Crippen LogP contribution in [0, 0.1) is 6.92 Å². The molecule has 0 heterocycles. The molecule has 0 spiro atoms. The Labute approximate surface area is 259 Å². The van der Waals surface area contributed by atoms with Crippen LogP contribution in [0.15, 0.2) is 71.6 Å². The number of ether oxygens (including phenoxy) is 2. The third kappa shape index (κ3) is 8.42. The number of carbonyl (C=O) groups is 2. The lowest BCUT2D eigenvalue weighted by atomic mass is 10.1. The number of sulfonamides is 1. The lowest BCUT2D eigenvalue weighted by Crippen LogP contribution is -2.55. The van der Waals surface area contributed by atoms with Gasteiger partial charge in [0, 0.05) is 23.2 Å². The van der Waals surface area contributed by atoms with E-state index < -0.39 is 34.1 Å². The monoisotopic (exact) mass is 629 g/mol. The molecular weight excluding hydrogens is 590 g/mol. The van der Waals surface area contributed by atoms with E-state index in [2.05, 4.69) is 5.32 Å². The first-order valence-electron chi connectivity index (χ1n) is 13.9. The lowest BCUT2D eigenvalue weighted by molar-refractivity contribution is -0.141. The van der Waals surface area contributed by atoms with Crippen LogP contribution in [-0.2, 0) is 26.2 Å². The second-order valence-corrected chi connectivity index (χ2v) is 13.4. The van der Waals surface area contributed by atoms with Crippen molar-refractivity contribution in [3.05, 3.63) is 82.9 Å². The molecule has 0 aliphatic heterocycles. The summed E-state index contributed by atoms with van der Waals surface area (Å²) >= 11 is 6.47. The van der Waals surface area contributed by atoms with Gasteiger partial charge in [0.2, 0.25) is 11.8 Å². The Kier molecular flexibility index (Phi) is 11.1. The first-order valence-corrected chi connectivity index (χ1v) is 15.7. The van der Waals surface area contributed by atoms with Crippen molar-refractivity contribution < 1.29 is 27.5 Å². The zero-order chi connectivity index (χ0) is 31.9. The standard InChI is InChI=1S/C32H40ClN3O6S/c1-8-27(31(38)34-32(3,4)5)35(20-23-11-9-10-12-26(23)33)30(37)21-36(24-15-18-28(41-6)29(19-24)42-7)43(39,40)25-16-13-22(2)14-17-25/h9-19,27H,8,20-21H2,1-7H3,(H,34,38)/t27-/m1/s1. The molecule has 0 saturated heterocycles. The predicted molar refractivity (Wildman–Crippen MR) is 169 cm³/mol. The van der Waals surface area contributed by atoms with Crippen LogP contribution < -0.4 is 19.1 Å². The fraction of sp³-hybridized carbons (Fsp3) is 0.375. The van der Waals surface area contributed by atoms with Gasteiger partial charge in [-0.1, -0.05) is 54.4 Å². The summed E-state index contributed by atoms with van der Waals surface area (Å²) in [6, 6.07) is 17.1. The summed E-state index contributed by atoms with van der Waals surface area (Å²) in [4.78, 5) is 29.1. The number of nitrogens with one attached hydrogen (secondary N) is 1. The molecule has 0 fully saturated rings. The maximum atomic E-state index is 14.3. The van der Waals surface area contributed by atoms with Crippen LogP contribution in [-0.4, -0.2) is 57.5 Å². The third-order valence-electron chi connectivity index (χ3n) is 6.73. The minimum absolute atomic E-state index is 0.00106. The van der Waals surface area contributed by atoms with E-state index >= 15 is 0 Å². The summed E-state index contributed by atoms with van der Waals surface area (Å²) in [5.41, 5.74) is 1.15. The highest BCUT2D eigenvalue weighted by Gasteiger charge is 2.35. The Morgan fingerprint density at radius 3 is 2.14 bits per heavy atom. The molecule has 1 N–H and O–H groups in total. The topological polar surface area (TPSA) is 105 Å². The number of aryl methyl sites for hydroxylation is 1. The average Bonchev–Trinajstić information content (AvgIpc) is 2.95. The van der Waals surface area contributed by atoms with Gasteiger partial charge in [0.25, 0.3) is 10.0 Å². The number of nitrogens with zero attached hydrogens (tertiary/aromatic N) is 2. The van der Waals surface area contributed by atoms with Crippen molar-refractivity contribution >= 4 is 39.1 Å². The number of amides is 2. The number of halogens is 1. The molecule has 232 valence electrons. The highest BCUT2D eigenvalue weighted by Crippen LogP contribution is 2.34. The Balaban J connectivity index is 2.14. The van der Waals surface area contributed by atoms with Crippen LogP contribution in [0.1, 0.15) is 45.2 Å². The molecular formula is C32H40ClN3O6S. The quantitative estimate of drug-likeness (QED) is 0.280. The molecule has 0 saturated carbocycles. The van der Waals surface area contributed by atoms with Crippen molar-refractivity contribution in [2.24, 2.45) is 0 Å². The van der Waals surface area contributed by atoms with Crippen molar-refractivity contribution in [2.75, 3.05) is 25.1 Å². The van der Waals surface area contributed by atoms with E-state index in [9.17, 15) is 18.0 Å². The molecule has 9 nitrogen and oxygen atoms in total. The van der Waals surface area contributed by atoms with Crippen LogP contribution in [0.4, 0.5) is 5.69 Å². The maximum absolute atomic E-state index is 14.3. The first kappa shape index (κ1) is 33.7. The van der Waals surface area contributed by atoms with Gasteiger partial charge < -0.3 is 19.7 Å². The number of hydrogen-bond donors (Lipinski definition) is 1. The van der Waals surface area contributed by atoms with E-state index in [-0.39, 0.29) is 23.0 Å². The van der Waals surface area contributed by atoms with E-state index in [1.807, 2.05) is 27.7 Å². The van der Waals surface area contributed by atoms with Crippen molar-refractivity contribution in [1.29, 1.82) is 0 Å². The van der Waals surface area contributed by atoms with Crippen LogP contribution in [0.3, 0.4) is 0 Å². The average molecular weight is 630 g/mol. The molecule has 0 radical (unpaired) electrons. The Bertz CT molecular complexity index is 1540. The van der Waals surface area contributed by atoms with Crippen LogP contribution >= 0.6 is 11.6 Å². The Morgan fingerprint density at radius 1 is 0.953 bits per heavy atom. The smallest absolute Gasteiger partial charge is 0.264 e. The second kappa shape index (κ2) is 14.1. The van der Waals surface area contributed by atoms with Gasteiger partial charge in [0.15, 0.2) is 11.5 Å². The van der Waals surface area contributed by atoms with Gasteiger partial charge in [0.05, 0.1) is 24.8 Å². The Hall–Kier alpha value is -3.76. The molecule has 3 rings (SSSR count). The van der Waals surface area contributed by atoms with E-state index in [0.29, 0.717) is 28.5 Å². The number of hydrogen-bond acceptors (Lipinski definition) is 6. The number of rotatable bonds is 12. The molecule has 11 heteroatoms. The predicted octanol–water partition coefficient (Wildman–Crippen LogP) is 5.58. The summed E-state index contributed by atoms with van der Waals surface area (Å²) in [7, 11) is -1.33. The second-order valence-electron chi connectivity index (χ2n) is 11.1. The van der Waals surface area contributed by atoms with Crippen LogP contribution in [0.2, 0.25) is 5.02 Å². The molecule has 43 heavy (non-hydrogen) atoms. The van der Waals surface area contributed by atoms with Gasteiger partial charge in [-0.2, -0.15) is 0 Å². The SMILES string of the molecule is CC[C@H](C(=O)NC(C)(C)C)N(Cc1ccccc1Cl)C(=O)CN(c1ccc(OC)c(OC)c1)S(=O)(=O)c1ccc(C)cc1. The maximum Gasteiger partial charge on any atom is 0.264 e. The van der Waals surface area contributed by atoms with Crippen molar-refractivity contribution in [2.45, 2.75) is 64.1 Å². The van der Waals surface area contributed by atoms with Crippen LogP contribution in [0.25, 0.3) is 0 Å². The van der Waals surface area contributed by atoms with Gasteiger partial charge in [-0.25, -0.2) is 8.42 Å². The molecule has 3 aromatic rings. The zero-order valence-corrected chi connectivity index (χ0v) is 27.3. The fourth-order valence-corrected chi connectivity index (χ4v) is 6.13. The van der Waals surface area contributed by atoms with Crippen molar-refractivity contribution in [3.63, 3.8) is 0 Å². The molecule has 0 unspecified atom stereocenters. The summed E-state index contributed by atoms with van der Waals surface area (Å²) in [6.07, 6.45) is 0.291. The van der Waals surface area contributed by atoms with Crippen LogP contribution in [0.5, 0.6) is 11.5 Å². The zero-order valence-electron chi connectivity index (χ0n) is 25.7.